The molecule has 1 aromatic rings. The molecule has 0 aliphatic rings. The van der Waals surface area contributed by atoms with Gasteiger partial charge in [-0.3, -0.25) is 0 Å². The largest absolute Gasteiger partial charge is 0.341 e. The second-order valence-electron chi connectivity index (χ2n) is 3.37. The monoisotopic (exact) mass is 251 g/mol. The van der Waals surface area contributed by atoms with Crippen LogP contribution in [0.25, 0.3) is 0 Å². The van der Waals surface area contributed by atoms with E-state index in [1.54, 1.807) is 0 Å². The fourth-order valence-electron chi connectivity index (χ4n) is 0.586. The number of hydrogen-bond donors (Lipinski definition) is 0. The zero-order valence-electron chi connectivity index (χ0n) is 8.88. The van der Waals surface area contributed by atoms with Gasteiger partial charge in [0.1, 0.15) is 0 Å². The van der Waals surface area contributed by atoms with Crippen molar-refractivity contribution in [1.82, 2.24) is 0 Å². The first-order chi connectivity index (χ1) is 5.66. The summed E-state index contributed by atoms with van der Waals surface area (Å²) in [5, 5.41) is 0. The number of hydrogen-bond acceptors (Lipinski definition) is 0. The van der Waals surface area contributed by atoms with Crippen LogP contribution in [-0.2, 0) is 39.1 Å². The third kappa shape index (κ3) is 12.3. The van der Waals surface area contributed by atoms with Crippen LogP contribution >= 0.6 is 0 Å². The molecule has 0 nitrogen and oxygen atoms in total. The van der Waals surface area contributed by atoms with Gasteiger partial charge in [0.15, 0.2) is 0 Å². The summed E-state index contributed by atoms with van der Waals surface area (Å²) in [6, 6.07) is 10.9. The summed E-state index contributed by atoms with van der Waals surface area (Å²) in [7, 11) is 0. The average molecular weight is 251 g/mol. The molecule has 0 spiro atoms. The summed E-state index contributed by atoms with van der Waals surface area (Å²) in [4.78, 5) is 0. The smallest absolute Gasteiger partial charge is 0 e. The van der Waals surface area contributed by atoms with E-state index in [2.05, 4.69) is 33.8 Å². The van der Waals surface area contributed by atoms with Crippen LogP contribution in [0.4, 0.5) is 0 Å². The van der Waals surface area contributed by atoms with Crippen LogP contribution in [0.3, 0.4) is 0 Å². The van der Waals surface area contributed by atoms with Crippen LogP contribution in [0, 0.1) is 18.9 Å². The predicted octanol–water partition coefficient (Wildman–Crippen LogP) is 3.52. The minimum absolute atomic E-state index is 0. The van der Waals surface area contributed by atoms with Crippen molar-refractivity contribution in [3.63, 3.8) is 0 Å². The molecule has 0 aromatic heterocycles. The fourth-order valence-corrected chi connectivity index (χ4v) is 0.586. The summed E-state index contributed by atoms with van der Waals surface area (Å²) in [6.07, 6.45) is 0.834. The molecule has 1 aromatic carbocycles. The Hall–Kier alpha value is 0.324. The Morgan fingerprint density at radius 1 is 1.31 bits per heavy atom. The molecule has 0 aliphatic heterocycles. The molecule has 0 saturated carbocycles. The van der Waals surface area contributed by atoms with Crippen molar-refractivity contribution in [3.8, 4) is 0 Å². The molecular weight excluding hydrogens is 233 g/mol. The van der Waals surface area contributed by atoms with Gasteiger partial charge in [0.2, 0.25) is 0 Å². The van der Waals surface area contributed by atoms with Crippen LogP contribution in [0.15, 0.2) is 24.3 Å². The Bertz CT molecular complexity index is 177. The SMILES string of the molecule is CC(C)C.[CH2-]Cc1[c-]cccc1.[Y]. The zero-order chi connectivity index (χ0) is 9.40. The zero-order valence-corrected chi connectivity index (χ0v) is 11.7. The van der Waals surface area contributed by atoms with Gasteiger partial charge in [-0.05, 0) is 5.92 Å². The van der Waals surface area contributed by atoms with Gasteiger partial charge in [-0.1, -0.05) is 20.8 Å². The average Bonchev–Trinajstić information content (AvgIpc) is 2.05. The molecular formula is C12H18Y-2. The molecule has 13 heavy (non-hydrogen) atoms. The minimum Gasteiger partial charge on any atom is -0.341 e. The van der Waals surface area contributed by atoms with Gasteiger partial charge >= 0.3 is 0 Å². The van der Waals surface area contributed by atoms with Gasteiger partial charge in [-0.25, -0.2) is 0 Å². The topological polar surface area (TPSA) is 0 Å². The van der Waals surface area contributed by atoms with Crippen molar-refractivity contribution in [3.05, 3.63) is 42.8 Å². The van der Waals surface area contributed by atoms with E-state index in [9.17, 15) is 0 Å². The minimum atomic E-state index is 0. The summed E-state index contributed by atoms with van der Waals surface area (Å²) in [6.45, 7) is 10.2. The fraction of sp³-hybridized carbons (Fsp3) is 0.417. The Labute approximate surface area is 108 Å². The second kappa shape index (κ2) is 10.4. The Morgan fingerprint density at radius 2 is 1.85 bits per heavy atom. The van der Waals surface area contributed by atoms with E-state index in [1.807, 2.05) is 24.3 Å². The Kier molecular flexibility index (Phi) is 12.6. The normalized spacial score (nSPS) is 8.38. The summed E-state index contributed by atoms with van der Waals surface area (Å²) in [5.41, 5.74) is 1.17. The van der Waals surface area contributed by atoms with Gasteiger partial charge in [0.05, 0.1) is 0 Å². The van der Waals surface area contributed by atoms with Gasteiger partial charge in [0, 0.05) is 32.7 Å². The maximum atomic E-state index is 3.72. The third-order valence-corrected chi connectivity index (χ3v) is 1.04. The molecule has 0 heterocycles. The van der Waals surface area contributed by atoms with Crippen molar-refractivity contribution in [2.75, 3.05) is 0 Å². The standard InChI is InChI=1S/C8H8.C4H10.Y/c1-2-8-6-4-3-5-7-8;1-4(2)3;/h3-6H,1-2H2;4H,1-3H3;/q-2;;. The van der Waals surface area contributed by atoms with Gasteiger partial charge < -0.3 is 6.92 Å². The summed E-state index contributed by atoms with van der Waals surface area (Å²) >= 11 is 0. The molecule has 0 saturated heterocycles. The summed E-state index contributed by atoms with van der Waals surface area (Å²) < 4.78 is 0. The van der Waals surface area contributed by atoms with E-state index in [0.29, 0.717) is 0 Å². The maximum Gasteiger partial charge on any atom is 0 e. The Morgan fingerprint density at radius 3 is 2.08 bits per heavy atom. The first kappa shape index (κ1) is 15.8. The molecule has 0 bridgehead atoms. The van der Waals surface area contributed by atoms with Crippen molar-refractivity contribution in [2.45, 2.75) is 27.2 Å². The van der Waals surface area contributed by atoms with Crippen LogP contribution < -0.4 is 0 Å². The molecule has 0 fully saturated rings. The van der Waals surface area contributed by atoms with Crippen molar-refractivity contribution in [1.29, 1.82) is 0 Å². The second-order valence-corrected chi connectivity index (χ2v) is 3.37. The maximum absolute atomic E-state index is 3.72. The Balaban J connectivity index is 0. The van der Waals surface area contributed by atoms with E-state index < -0.39 is 0 Å². The molecule has 0 N–H and O–H groups in total. The quantitative estimate of drug-likeness (QED) is 0.670. The van der Waals surface area contributed by atoms with Gasteiger partial charge in [0.25, 0.3) is 0 Å². The molecule has 1 radical (unpaired) electrons. The first-order valence-corrected chi connectivity index (χ1v) is 4.41. The van der Waals surface area contributed by atoms with E-state index in [1.165, 1.54) is 5.56 Å². The van der Waals surface area contributed by atoms with Crippen LogP contribution in [-0.4, -0.2) is 0 Å². The van der Waals surface area contributed by atoms with E-state index in [-0.39, 0.29) is 32.7 Å². The van der Waals surface area contributed by atoms with E-state index in [4.69, 9.17) is 0 Å². The first-order valence-electron chi connectivity index (χ1n) is 4.41. The molecule has 0 unspecified atom stereocenters. The van der Waals surface area contributed by atoms with E-state index >= 15 is 0 Å². The molecule has 0 amide bonds. The number of rotatable bonds is 1. The van der Waals surface area contributed by atoms with Crippen LogP contribution in [0.1, 0.15) is 26.3 Å². The number of benzene rings is 1. The van der Waals surface area contributed by atoms with Crippen LogP contribution in [0.2, 0.25) is 0 Å². The van der Waals surface area contributed by atoms with Crippen molar-refractivity contribution in [2.24, 2.45) is 5.92 Å². The third-order valence-electron chi connectivity index (χ3n) is 1.04. The van der Waals surface area contributed by atoms with Gasteiger partial charge in [-0.15, -0.1) is 0 Å². The van der Waals surface area contributed by atoms with Gasteiger partial charge in [-0.2, -0.15) is 42.3 Å². The predicted molar refractivity (Wildman–Crippen MR) is 54.9 cm³/mol. The summed E-state index contributed by atoms with van der Waals surface area (Å²) in [5.74, 6) is 0.833. The molecule has 0 aliphatic carbocycles. The molecule has 1 heteroatoms. The van der Waals surface area contributed by atoms with Crippen LogP contribution in [0.5, 0.6) is 0 Å². The molecule has 1 rings (SSSR count). The molecule has 71 valence electrons. The molecule has 0 atom stereocenters. The van der Waals surface area contributed by atoms with Crippen molar-refractivity contribution >= 4 is 0 Å². The van der Waals surface area contributed by atoms with Crippen molar-refractivity contribution < 1.29 is 32.7 Å². The van der Waals surface area contributed by atoms with E-state index in [0.717, 1.165) is 12.3 Å².